The van der Waals surface area contributed by atoms with E-state index in [2.05, 4.69) is 159 Å². The number of fused-ring (bicyclic) bond motifs is 12. The van der Waals surface area contributed by atoms with Gasteiger partial charge in [0.2, 0.25) is 0 Å². The minimum atomic E-state index is -0.491. The number of nitrogens with zero attached hydrogens (tertiary/aromatic N) is 3. The first-order valence-corrected chi connectivity index (χ1v) is 19.0. The summed E-state index contributed by atoms with van der Waals surface area (Å²) in [6.45, 7) is 4.73. The molecule has 0 unspecified atom stereocenters. The molecule has 53 heavy (non-hydrogen) atoms. The van der Waals surface area contributed by atoms with E-state index in [0.29, 0.717) is 17.5 Å². The molecular weight excluding hydrogens is 663 g/mol. The van der Waals surface area contributed by atoms with Gasteiger partial charge in [0, 0.05) is 42.3 Å². The summed E-state index contributed by atoms with van der Waals surface area (Å²) in [4.78, 5) is 15.6. The number of thiophene rings is 1. The Bertz CT molecular complexity index is 2890. The van der Waals surface area contributed by atoms with Crippen molar-refractivity contribution < 1.29 is 0 Å². The third-order valence-electron chi connectivity index (χ3n) is 11.6. The zero-order valence-electron chi connectivity index (χ0n) is 29.3. The summed E-state index contributed by atoms with van der Waals surface area (Å²) in [6, 6.07) is 59.4. The summed E-state index contributed by atoms with van der Waals surface area (Å²) in [5.74, 6) is 2.00. The summed E-state index contributed by atoms with van der Waals surface area (Å²) < 4.78 is 2.51. The van der Waals surface area contributed by atoms with Crippen LogP contribution in [-0.2, 0) is 10.8 Å². The quantitative estimate of drug-likeness (QED) is 0.185. The van der Waals surface area contributed by atoms with E-state index in [9.17, 15) is 0 Å². The standard InChI is InChI=1S/C49H33N3S/c1-48(2)39-21-11-12-22-41(39)49(37-19-9-6-16-33(37)34-17-7-10-20-38(34)49)42-28-31(25-27-40(42)48)46-50-45(30-14-4-3-5-15-30)51-47(52-46)32-24-26-36-35-18-8-13-23-43(35)53-44(36)29-32/h3-29H,1-2H3. The Balaban J connectivity index is 1.18. The smallest absolute Gasteiger partial charge is 0.164 e. The second-order valence-electron chi connectivity index (χ2n) is 14.8. The van der Waals surface area contributed by atoms with Crippen molar-refractivity contribution in [1.82, 2.24) is 15.0 Å². The van der Waals surface area contributed by atoms with Crippen LogP contribution in [0.25, 0.3) is 65.5 Å². The molecule has 7 aromatic carbocycles. The Morgan fingerprint density at radius 2 is 0.887 bits per heavy atom. The van der Waals surface area contributed by atoms with Crippen LogP contribution in [0.5, 0.6) is 0 Å². The first kappa shape index (κ1) is 30.4. The molecule has 9 aromatic rings. The van der Waals surface area contributed by atoms with Gasteiger partial charge in [-0.3, -0.25) is 0 Å². The summed E-state index contributed by atoms with van der Waals surface area (Å²) in [5.41, 5.74) is 12.7. The van der Waals surface area contributed by atoms with Gasteiger partial charge in [0.1, 0.15) is 0 Å². The highest BCUT2D eigenvalue weighted by molar-refractivity contribution is 7.25. The molecule has 0 aliphatic heterocycles. The van der Waals surface area contributed by atoms with Gasteiger partial charge in [0.05, 0.1) is 5.41 Å². The van der Waals surface area contributed by atoms with E-state index >= 15 is 0 Å². The van der Waals surface area contributed by atoms with E-state index in [1.54, 1.807) is 0 Å². The molecule has 0 atom stereocenters. The Morgan fingerprint density at radius 1 is 0.377 bits per heavy atom. The largest absolute Gasteiger partial charge is 0.208 e. The number of aromatic nitrogens is 3. The van der Waals surface area contributed by atoms with E-state index in [-0.39, 0.29) is 5.41 Å². The fourth-order valence-corrected chi connectivity index (χ4v) is 10.4. The van der Waals surface area contributed by atoms with Gasteiger partial charge in [-0.2, -0.15) is 0 Å². The zero-order chi connectivity index (χ0) is 35.3. The van der Waals surface area contributed by atoms with Crippen molar-refractivity contribution in [2.45, 2.75) is 24.7 Å². The molecule has 2 aliphatic rings. The molecule has 250 valence electrons. The van der Waals surface area contributed by atoms with Crippen molar-refractivity contribution >= 4 is 31.5 Å². The fraction of sp³-hybridized carbons (Fsp3) is 0.0816. The van der Waals surface area contributed by atoms with Gasteiger partial charge < -0.3 is 0 Å². The van der Waals surface area contributed by atoms with E-state index < -0.39 is 5.41 Å². The molecule has 2 aromatic heterocycles. The highest BCUT2D eigenvalue weighted by Gasteiger charge is 2.53. The molecule has 0 amide bonds. The molecule has 2 heterocycles. The molecule has 2 aliphatic carbocycles. The lowest BCUT2D eigenvalue weighted by Crippen LogP contribution is -2.40. The van der Waals surface area contributed by atoms with Crippen LogP contribution in [0.3, 0.4) is 0 Å². The minimum Gasteiger partial charge on any atom is -0.208 e. The van der Waals surface area contributed by atoms with Crippen molar-refractivity contribution in [2.75, 3.05) is 0 Å². The summed E-state index contributed by atoms with van der Waals surface area (Å²) in [5, 5.41) is 2.54. The SMILES string of the molecule is CC1(C)c2ccccc2C2(c3ccccc3-c3ccccc32)c2cc(-c3nc(-c4ccccc4)nc(-c4ccc5c(c4)sc4ccccc45)n3)ccc21. The highest BCUT2D eigenvalue weighted by atomic mass is 32.1. The van der Waals surface area contributed by atoms with Crippen LogP contribution >= 0.6 is 11.3 Å². The summed E-state index contributed by atoms with van der Waals surface area (Å²) >= 11 is 1.81. The molecular formula is C49H33N3S. The predicted octanol–water partition coefficient (Wildman–Crippen LogP) is 12.2. The summed E-state index contributed by atoms with van der Waals surface area (Å²) in [6.07, 6.45) is 0. The van der Waals surface area contributed by atoms with Crippen molar-refractivity contribution in [2.24, 2.45) is 0 Å². The van der Waals surface area contributed by atoms with Crippen LogP contribution in [0, 0.1) is 0 Å². The van der Waals surface area contributed by atoms with Crippen LogP contribution in [0.2, 0.25) is 0 Å². The molecule has 0 saturated heterocycles. The topological polar surface area (TPSA) is 38.7 Å². The Kier molecular flexibility index (Phi) is 6.39. The average molecular weight is 696 g/mol. The third-order valence-corrected chi connectivity index (χ3v) is 12.7. The summed E-state index contributed by atoms with van der Waals surface area (Å²) in [7, 11) is 0. The van der Waals surface area contributed by atoms with Crippen LogP contribution in [-0.4, -0.2) is 15.0 Å². The third kappa shape index (κ3) is 4.24. The maximum atomic E-state index is 5.28. The maximum Gasteiger partial charge on any atom is 0.164 e. The molecule has 0 radical (unpaired) electrons. The van der Waals surface area contributed by atoms with Gasteiger partial charge in [0.25, 0.3) is 0 Å². The van der Waals surface area contributed by atoms with E-state index in [1.807, 2.05) is 29.5 Å². The lowest BCUT2D eigenvalue weighted by atomic mass is 9.55. The average Bonchev–Trinajstić information content (AvgIpc) is 3.74. The van der Waals surface area contributed by atoms with E-state index in [1.165, 1.54) is 64.7 Å². The molecule has 0 bridgehead atoms. The van der Waals surface area contributed by atoms with E-state index in [4.69, 9.17) is 15.0 Å². The van der Waals surface area contributed by atoms with Gasteiger partial charge in [-0.15, -0.1) is 11.3 Å². The van der Waals surface area contributed by atoms with Crippen LogP contribution in [0.15, 0.2) is 164 Å². The van der Waals surface area contributed by atoms with Crippen LogP contribution in [0.4, 0.5) is 0 Å². The van der Waals surface area contributed by atoms with E-state index in [0.717, 1.165) is 16.7 Å². The molecule has 3 nitrogen and oxygen atoms in total. The van der Waals surface area contributed by atoms with Crippen molar-refractivity contribution in [1.29, 1.82) is 0 Å². The monoisotopic (exact) mass is 695 g/mol. The second-order valence-corrected chi connectivity index (χ2v) is 15.8. The molecule has 11 rings (SSSR count). The van der Waals surface area contributed by atoms with Crippen LogP contribution in [0.1, 0.15) is 47.2 Å². The van der Waals surface area contributed by atoms with Gasteiger partial charge >= 0.3 is 0 Å². The minimum absolute atomic E-state index is 0.221. The number of rotatable bonds is 3. The Morgan fingerprint density at radius 3 is 1.60 bits per heavy atom. The lowest BCUT2D eigenvalue weighted by molar-refractivity contribution is 0.563. The molecule has 1 spiro atoms. The van der Waals surface area contributed by atoms with Gasteiger partial charge in [-0.25, -0.2) is 15.0 Å². The van der Waals surface area contributed by atoms with Gasteiger partial charge in [0.15, 0.2) is 17.5 Å². The Hall–Kier alpha value is -6.23. The predicted molar refractivity (Wildman–Crippen MR) is 218 cm³/mol. The van der Waals surface area contributed by atoms with Crippen LogP contribution < -0.4 is 0 Å². The highest BCUT2D eigenvalue weighted by Crippen LogP contribution is 2.62. The molecule has 0 saturated carbocycles. The van der Waals surface area contributed by atoms with Gasteiger partial charge in [-0.1, -0.05) is 159 Å². The lowest BCUT2D eigenvalue weighted by Gasteiger charge is -2.46. The normalized spacial score (nSPS) is 14.5. The molecule has 0 N–H and O–H groups in total. The zero-order valence-corrected chi connectivity index (χ0v) is 30.2. The first-order chi connectivity index (χ1) is 26.0. The fourth-order valence-electron chi connectivity index (χ4n) is 9.21. The second kappa shape index (κ2) is 11.1. The first-order valence-electron chi connectivity index (χ1n) is 18.2. The molecule has 0 fully saturated rings. The number of benzene rings is 7. The van der Waals surface area contributed by atoms with Crippen molar-refractivity contribution in [3.05, 3.63) is 197 Å². The molecule has 4 heteroatoms. The number of hydrogen-bond donors (Lipinski definition) is 0. The van der Waals surface area contributed by atoms with Gasteiger partial charge in [-0.05, 0) is 62.7 Å². The van der Waals surface area contributed by atoms with Crippen molar-refractivity contribution in [3.63, 3.8) is 0 Å². The van der Waals surface area contributed by atoms with Crippen molar-refractivity contribution in [3.8, 4) is 45.3 Å². The Labute approximate surface area is 312 Å². The number of hydrogen-bond acceptors (Lipinski definition) is 4. The maximum absolute atomic E-state index is 5.28.